The van der Waals surface area contributed by atoms with E-state index >= 15 is 0 Å². The van der Waals surface area contributed by atoms with E-state index in [9.17, 15) is 14.7 Å². The minimum absolute atomic E-state index is 0.110. The summed E-state index contributed by atoms with van der Waals surface area (Å²) in [6.45, 7) is 1.19. The quantitative estimate of drug-likeness (QED) is 0.515. The Bertz CT molecular complexity index is 847. The summed E-state index contributed by atoms with van der Waals surface area (Å²) in [6.07, 6.45) is 0. The predicted octanol–water partition coefficient (Wildman–Crippen LogP) is 2.02. The van der Waals surface area contributed by atoms with Crippen molar-refractivity contribution in [2.45, 2.75) is 6.92 Å². The van der Waals surface area contributed by atoms with Crippen LogP contribution in [0, 0.1) is 0 Å². The standard InChI is InChI=1S/C18H18N2O6/c1-11(19-20-18(24)13-5-3-4-6-14(13)21)12-7-8-15(16(9-12)25-2)26-10-17(22)23/h3-9,21H,10H2,1-2H3,(H,20,24)(H,22,23)/b19-11-. The second-order valence-electron chi connectivity index (χ2n) is 5.20. The average molecular weight is 358 g/mol. The SMILES string of the molecule is COc1cc(/C(C)=N\NC(=O)c2ccccc2O)ccc1OCC(=O)O. The van der Waals surface area contributed by atoms with Crippen molar-refractivity contribution in [2.75, 3.05) is 13.7 Å². The van der Waals surface area contributed by atoms with E-state index < -0.39 is 18.5 Å². The van der Waals surface area contributed by atoms with E-state index in [0.717, 1.165) is 0 Å². The van der Waals surface area contributed by atoms with E-state index in [-0.39, 0.29) is 17.1 Å². The number of hydrogen-bond donors (Lipinski definition) is 3. The number of phenolic OH excluding ortho intramolecular Hbond substituents is 1. The lowest BCUT2D eigenvalue weighted by Gasteiger charge is -2.11. The van der Waals surface area contributed by atoms with Gasteiger partial charge in [0.05, 0.1) is 18.4 Å². The van der Waals surface area contributed by atoms with E-state index in [0.29, 0.717) is 17.0 Å². The first-order chi connectivity index (χ1) is 12.4. The summed E-state index contributed by atoms with van der Waals surface area (Å²) in [5.41, 5.74) is 3.60. The molecule has 1 amide bonds. The van der Waals surface area contributed by atoms with Gasteiger partial charge in [0.1, 0.15) is 5.75 Å². The highest BCUT2D eigenvalue weighted by Crippen LogP contribution is 2.28. The average Bonchev–Trinajstić information content (AvgIpc) is 2.64. The first-order valence-electron chi connectivity index (χ1n) is 7.58. The Kier molecular flexibility index (Phi) is 6.15. The van der Waals surface area contributed by atoms with E-state index in [1.165, 1.54) is 19.2 Å². The van der Waals surface area contributed by atoms with Crippen LogP contribution in [0.5, 0.6) is 17.2 Å². The number of hydrogen-bond acceptors (Lipinski definition) is 6. The third kappa shape index (κ3) is 4.73. The summed E-state index contributed by atoms with van der Waals surface area (Å²) in [6, 6.07) is 11.0. The van der Waals surface area contributed by atoms with Gasteiger partial charge in [-0.2, -0.15) is 5.10 Å². The molecule has 0 aliphatic carbocycles. The van der Waals surface area contributed by atoms with Crippen LogP contribution in [0.3, 0.4) is 0 Å². The third-order valence-corrected chi connectivity index (χ3v) is 3.41. The molecule has 8 heteroatoms. The number of rotatable bonds is 7. The Labute approximate surface area is 149 Å². The third-order valence-electron chi connectivity index (χ3n) is 3.41. The van der Waals surface area contributed by atoms with Crippen molar-refractivity contribution < 1.29 is 29.3 Å². The first kappa shape index (κ1) is 18.8. The minimum Gasteiger partial charge on any atom is -0.507 e. The van der Waals surface area contributed by atoms with Gasteiger partial charge in [0.15, 0.2) is 18.1 Å². The summed E-state index contributed by atoms with van der Waals surface area (Å²) in [7, 11) is 1.43. The Balaban J connectivity index is 2.14. The van der Waals surface area contributed by atoms with Gasteiger partial charge in [-0.25, -0.2) is 10.2 Å². The van der Waals surface area contributed by atoms with Gasteiger partial charge >= 0.3 is 5.97 Å². The molecule has 0 fully saturated rings. The van der Waals surface area contributed by atoms with Crippen LogP contribution in [0.25, 0.3) is 0 Å². The molecule has 0 aliphatic rings. The number of aliphatic carboxylic acids is 1. The van der Waals surface area contributed by atoms with Crippen LogP contribution in [0.2, 0.25) is 0 Å². The van der Waals surface area contributed by atoms with E-state index in [4.69, 9.17) is 14.6 Å². The molecular formula is C18H18N2O6. The van der Waals surface area contributed by atoms with E-state index in [1.807, 2.05) is 0 Å². The highest BCUT2D eigenvalue weighted by Gasteiger charge is 2.11. The number of phenols is 1. The molecule has 0 aliphatic heterocycles. The summed E-state index contributed by atoms with van der Waals surface area (Å²) < 4.78 is 10.3. The number of methoxy groups -OCH3 is 1. The molecule has 0 atom stereocenters. The number of ether oxygens (including phenoxy) is 2. The summed E-state index contributed by atoms with van der Waals surface area (Å²) in [4.78, 5) is 22.6. The number of amides is 1. The number of nitrogens with zero attached hydrogens (tertiary/aromatic N) is 1. The Morgan fingerprint density at radius 2 is 1.88 bits per heavy atom. The number of carbonyl (C=O) groups excluding carboxylic acids is 1. The van der Waals surface area contributed by atoms with Gasteiger partial charge in [0, 0.05) is 5.56 Å². The lowest BCUT2D eigenvalue weighted by Crippen LogP contribution is -2.19. The van der Waals surface area contributed by atoms with Crippen molar-refractivity contribution in [1.82, 2.24) is 5.43 Å². The molecule has 2 aromatic rings. The smallest absolute Gasteiger partial charge is 0.341 e. The minimum atomic E-state index is -1.10. The Hall–Kier alpha value is -3.55. The van der Waals surface area contributed by atoms with Crippen molar-refractivity contribution in [3.8, 4) is 17.2 Å². The molecule has 0 aromatic heterocycles. The molecule has 0 unspecified atom stereocenters. The molecule has 0 saturated carbocycles. The van der Waals surface area contributed by atoms with Crippen LogP contribution < -0.4 is 14.9 Å². The van der Waals surface area contributed by atoms with Gasteiger partial charge in [0.2, 0.25) is 0 Å². The van der Waals surface area contributed by atoms with Crippen molar-refractivity contribution in [3.63, 3.8) is 0 Å². The van der Waals surface area contributed by atoms with Crippen molar-refractivity contribution in [1.29, 1.82) is 0 Å². The number of aromatic hydroxyl groups is 1. The van der Waals surface area contributed by atoms with Gasteiger partial charge in [-0.15, -0.1) is 0 Å². The van der Waals surface area contributed by atoms with Crippen LogP contribution in [-0.2, 0) is 4.79 Å². The van der Waals surface area contributed by atoms with Gasteiger partial charge in [-0.3, -0.25) is 4.79 Å². The van der Waals surface area contributed by atoms with E-state index in [1.54, 1.807) is 37.3 Å². The van der Waals surface area contributed by atoms with Gasteiger partial charge < -0.3 is 19.7 Å². The van der Waals surface area contributed by atoms with E-state index in [2.05, 4.69) is 10.5 Å². The number of carboxylic acid groups (broad SMARTS) is 1. The summed E-state index contributed by atoms with van der Waals surface area (Å²) in [5.74, 6) is -1.16. The fourth-order valence-corrected chi connectivity index (χ4v) is 2.08. The van der Waals surface area contributed by atoms with Crippen molar-refractivity contribution in [2.24, 2.45) is 5.10 Å². The second kappa shape index (κ2) is 8.52. The molecule has 26 heavy (non-hydrogen) atoms. The highest BCUT2D eigenvalue weighted by atomic mass is 16.5. The fraction of sp³-hybridized carbons (Fsp3) is 0.167. The van der Waals surface area contributed by atoms with Crippen LogP contribution >= 0.6 is 0 Å². The Morgan fingerprint density at radius 1 is 1.15 bits per heavy atom. The first-order valence-corrected chi connectivity index (χ1v) is 7.58. The molecule has 0 saturated heterocycles. The molecule has 0 radical (unpaired) electrons. The van der Waals surface area contributed by atoms with Gasteiger partial charge in [0.25, 0.3) is 5.91 Å². The molecule has 8 nitrogen and oxygen atoms in total. The van der Waals surface area contributed by atoms with Gasteiger partial charge in [-0.1, -0.05) is 12.1 Å². The molecule has 3 N–H and O–H groups in total. The highest BCUT2D eigenvalue weighted by molar-refractivity contribution is 6.01. The van der Waals surface area contributed by atoms with Crippen LogP contribution in [0.1, 0.15) is 22.8 Å². The maximum Gasteiger partial charge on any atom is 0.341 e. The summed E-state index contributed by atoms with van der Waals surface area (Å²) >= 11 is 0. The zero-order valence-electron chi connectivity index (χ0n) is 14.2. The molecular weight excluding hydrogens is 340 g/mol. The van der Waals surface area contributed by atoms with Crippen molar-refractivity contribution in [3.05, 3.63) is 53.6 Å². The normalized spacial score (nSPS) is 10.9. The maximum absolute atomic E-state index is 12.0. The molecule has 0 spiro atoms. The number of benzene rings is 2. The molecule has 0 bridgehead atoms. The number of hydrazone groups is 1. The second-order valence-corrected chi connectivity index (χ2v) is 5.20. The Morgan fingerprint density at radius 3 is 2.54 bits per heavy atom. The fourth-order valence-electron chi connectivity index (χ4n) is 2.08. The largest absolute Gasteiger partial charge is 0.507 e. The zero-order chi connectivity index (χ0) is 19.1. The van der Waals surface area contributed by atoms with Crippen LogP contribution in [0.4, 0.5) is 0 Å². The number of nitrogens with one attached hydrogen (secondary N) is 1. The predicted molar refractivity (Wildman–Crippen MR) is 93.9 cm³/mol. The van der Waals surface area contributed by atoms with Crippen LogP contribution in [-0.4, -0.2) is 41.5 Å². The monoisotopic (exact) mass is 358 g/mol. The lowest BCUT2D eigenvalue weighted by molar-refractivity contribution is -0.139. The number of carboxylic acids is 1. The lowest BCUT2D eigenvalue weighted by atomic mass is 10.1. The molecule has 2 rings (SSSR count). The number of carbonyl (C=O) groups is 2. The number of para-hydroxylation sites is 1. The van der Waals surface area contributed by atoms with Crippen LogP contribution in [0.15, 0.2) is 47.6 Å². The molecule has 0 heterocycles. The van der Waals surface area contributed by atoms with Gasteiger partial charge in [-0.05, 0) is 37.3 Å². The van der Waals surface area contributed by atoms with Crippen molar-refractivity contribution >= 4 is 17.6 Å². The maximum atomic E-state index is 12.0. The summed E-state index contributed by atoms with van der Waals surface area (Å²) in [5, 5.41) is 22.4. The molecule has 2 aromatic carbocycles. The zero-order valence-corrected chi connectivity index (χ0v) is 14.2. The molecule has 136 valence electrons. The topological polar surface area (TPSA) is 117 Å².